The normalized spacial score (nSPS) is 13.6. The van der Waals surface area contributed by atoms with E-state index in [0.717, 1.165) is 0 Å². The van der Waals surface area contributed by atoms with Crippen LogP contribution in [0.2, 0.25) is 0 Å². The average Bonchev–Trinajstić information content (AvgIpc) is 3.16. The number of hydrogen-bond acceptors (Lipinski definition) is 7. The molecule has 28 heavy (non-hydrogen) atoms. The van der Waals surface area contributed by atoms with E-state index in [4.69, 9.17) is 13.9 Å². The van der Waals surface area contributed by atoms with Crippen LogP contribution < -0.4 is 20.1 Å². The Morgan fingerprint density at radius 3 is 2.54 bits per heavy atom. The number of esters is 1. The summed E-state index contributed by atoms with van der Waals surface area (Å²) in [6, 6.07) is 5.13. The maximum absolute atomic E-state index is 12.2. The van der Waals surface area contributed by atoms with Crippen molar-refractivity contribution in [3.05, 3.63) is 51.9 Å². The highest BCUT2D eigenvalue weighted by atomic mass is 79.9. The van der Waals surface area contributed by atoms with Crippen LogP contribution in [0.15, 0.2) is 45.0 Å². The van der Waals surface area contributed by atoms with E-state index < -0.39 is 23.8 Å². The van der Waals surface area contributed by atoms with Crippen molar-refractivity contribution >= 4 is 45.8 Å². The van der Waals surface area contributed by atoms with Gasteiger partial charge in [-0.1, -0.05) is 0 Å². The Morgan fingerprint density at radius 2 is 1.93 bits per heavy atom. The minimum absolute atomic E-state index is 0.0146. The SMILES string of the molecule is CCOc1cc(C=C2C(=O)NC(=O)NC2=O)cc(Br)c1OC(=O)c1ccco1. The van der Waals surface area contributed by atoms with Gasteiger partial charge in [-0.3, -0.25) is 20.2 Å². The summed E-state index contributed by atoms with van der Waals surface area (Å²) in [7, 11) is 0. The molecule has 1 saturated heterocycles. The second-order valence-corrected chi connectivity index (χ2v) is 6.28. The Hall–Kier alpha value is -3.40. The molecule has 2 heterocycles. The van der Waals surface area contributed by atoms with Crippen molar-refractivity contribution < 1.29 is 33.1 Å². The van der Waals surface area contributed by atoms with Crippen LogP contribution in [-0.2, 0) is 9.59 Å². The molecule has 1 aliphatic rings. The summed E-state index contributed by atoms with van der Waals surface area (Å²) >= 11 is 3.29. The molecule has 10 heteroatoms. The lowest BCUT2D eigenvalue weighted by Crippen LogP contribution is -2.51. The molecule has 2 N–H and O–H groups in total. The van der Waals surface area contributed by atoms with Crippen molar-refractivity contribution in [1.82, 2.24) is 10.6 Å². The smallest absolute Gasteiger partial charge is 0.379 e. The van der Waals surface area contributed by atoms with Gasteiger partial charge in [-0.25, -0.2) is 9.59 Å². The molecule has 1 aromatic carbocycles. The Labute approximate surface area is 166 Å². The number of hydrogen-bond donors (Lipinski definition) is 2. The number of carbonyl (C=O) groups excluding carboxylic acids is 4. The first kappa shape index (κ1) is 19.4. The number of ether oxygens (including phenoxy) is 2. The van der Waals surface area contributed by atoms with Gasteiger partial charge in [0.25, 0.3) is 11.8 Å². The van der Waals surface area contributed by atoms with Gasteiger partial charge < -0.3 is 13.9 Å². The number of rotatable bonds is 5. The van der Waals surface area contributed by atoms with E-state index in [1.807, 2.05) is 10.6 Å². The van der Waals surface area contributed by atoms with Gasteiger partial charge in [-0.2, -0.15) is 0 Å². The molecule has 0 radical (unpaired) electrons. The van der Waals surface area contributed by atoms with Gasteiger partial charge in [0.2, 0.25) is 5.76 Å². The molecule has 4 amide bonds. The third kappa shape index (κ3) is 4.12. The Balaban J connectivity index is 1.96. The van der Waals surface area contributed by atoms with Crippen molar-refractivity contribution in [3.63, 3.8) is 0 Å². The highest BCUT2D eigenvalue weighted by Gasteiger charge is 2.28. The van der Waals surface area contributed by atoms with Crippen LogP contribution in [0.1, 0.15) is 23.0 Å². The zero-order valence-corrected chi connectivity index (χ0v) is 16.0. The predicted octanol–water partition coefficient (Wildman–Crippen LogP) is 2.41. The first-order valence-electron chi connectivity index (χ1n) is 7.99. The number of nitrogens with one attached hydrogen (secondary N) is 2. The molecule has 1 aliphatic heterocycles. The standard InChI is InChI=1S/C18H13BrN2O7/c1-2-26-13-8-9(6-10-15(22)20-18(25)21-16(10)23)7-11(19)14(13)28-17(24)12-4-3-5-27-12/h3-8H,2H2,1H3,(H2,20,21,22,23,25). The van der Waals surface area contributed by atoms with E-state index >= 15 is 0 Å². The van der Waals surface area contributed by atoms with Gasteiger partial charge in [-0.15, -0.1) is 0 Å². The van der Waals surface area contributed by atoms with Gasteiger partial charge in [0, 0.05) is 0 Å². The van der Waals surface area contributed by atoms with Gasteiger partial charge in [0.05, 0.1) is 17.3 Å². The largest absolute Gasteiger partial charge is 0.490 e. The van der Waals surface area contributed by atoms with E-state index in [1.165, 1.54) is 30.5 Å². The molecule has 0 unspecified atom stereocenters. The molecular formula is C18H13BrN2O7. The van der Waals surface area contributed by atoms with Crippen LogP contribution >= 0.6 is 15.9 Å². The third-order valence-electron chi connectivity index (χ3n) is 3.50. The number of benzene rings is 1. The molecule has 1 aromatic heterocycles. The van der Waals surface area contributed by atoms with Gasteiger partial charge >= 0.3 is 12.0 Å². The lowest BCUT2D eigenvalue weighted by atomic mass is 10.1. The maximum Gasteiger partial charge on any atom is 0.379 e. The van der Waals surface area contributed by atoms with Crippen molar-refractivity contribution in [3.8, 4) is 11.5 Å². The first-order valence-corrected chi connectivity index (χ1v) is 8.78. The fourth-order valence-electron chi connectivity index (χ4n) is 2.34. The number of halogens is 1. The van der Waals surface area contributed by atoms with E-state index in [2.05, 4.69) is 15.9 Å². The summed E-state index contributed by atoms with van der Waals surface area (Å²) < 4.78 is 16.2. The van der Waals surface area contributed by atoms with Gasteiger partial charge in [0.1, 0.15) is 5.57 Å². The second kappa shape index (κ2) is 8.09. The lowest BCUT2D eigenvalue weighted by Gasteiger charge is -2.15. The summed E-state index contributed by atoms with van der Waals surface area (Å²) in [5.41, 5.74) is 0.150. The molecule has 0 bridgehead atoms. The fraction of sp³-hybridized carbons (Fsp3) is 0.111. The summed E-state index contributed by atoms with van der Waals surface area (Å²) in [6.45, 7) is 2.01. The molecular weight excluding hydrogens is 436 g/mol. The highest BCUT2D eigenvalue weighted by molar-refractivity contribution is 9.10. The zero-order chi connectivity index (χ0) is 20.3. The Morgan fingerprint density at radius 1 is 1.21 bits per heavy atom. The van der Waals surface area contributed by atoms with E-state index in [-0.39, 0.29) is 29.4 Å². The van der Waals surface area contributed by atoms with Crippen molar-refractivity contribution in [2.45, 2.75) is 6.92 Å². The van der Waals surface area contributed by atoms with Crippen LogP contribution in [0.3, 0.4) is 0 Å². The Kier molecular flexibility index (Phi) is 5.59. The molecule has 0 spiro atoms. The van der Waals surface area contributed by atoms with Crippen molar-refractivity contribution in [2.75, 3.05) is 6.61 Å². The highest BCUT2D eigenvalue weighted by Crippen LogP contribution is 2.38. The number of amides is 4. The van der Waals surface area contributed by atoms with Gasteiger partial charge in [0.15, 0.2) is 11.5 Å². The van der Waals surface area contributed by atoms with Gasteiger partial charge in [-0.05, 0) is 58.8 Å². The van der Waals surface area contributed by atoms with Crippen LogP contribution in [0, 0.1) is 0 Å². The van der Waals surface area contributed by atoms with E-state index in [1.54, 1.807) is 13.0 Å². The van der Waals surface area contributed by atoms with Crippen molar-refractivity contribution in [1.29, 1.82) is 0 Å². The fourth-order valence-corrected chi connectivity index (χ4v) is 2.88. The van der Waals surface area contributed by atoms with E-state index in [9.17, 15) is 19.2 Å². The molecule has 9 nitrogen and oxygen atoms in total. The molecule has 144 valence electrons. The second-order valence-electron chi connectivity index (χ2n) is 5.43. The minimum Gasteiger partial charge on any atom is -0.490 e. The number of barbiturate groups is 1. The van der Waals surface area contributed by atoms with Crippen LogP contribution in [0.25, 0.3) is 6.08 Å². The third-order valence-corrected chi connectivity index (χ3v) is 4.09. The monoisotopic (exact) mass is 448 g/mol. The topological polar surface area (TPSA) is 124 Å². The average molecular weight is 449 g/mol. The maximum atomic E-state index is 12.2. The Bertz CT molecular complexity index is 974. The molecule has 0 saturated carbocycles. The summed E-state index contributed by atoms with van der Waals surface area (Å²) in [5, 5.41) is 3.97. The van der Waals surface area contributed by atoms with Crippen molar-refractivity contribution in [2.24, 2.45) is 0 Å². The van der Waals surface area contributed by atoms with Crippen LogP contribution in [0.4, 0.5) is 4.79 Å². The molecule has 0 atom stereocenters. The lowest BCUT2D eigenvalue weighted by molar-refractivity contribution is -0.123. The number of furan rings is 1. The van der Waals surface area contributed by atoms with Crippen LogP contribution in [-0.4, -0.2) is 30.4 Å². The minimum atomic E-state index is -0.886. The quantitative estimate of drug-likeness (QED) is 0.311. The molecule has 1 fully saturated rings. The number of imide groups is 2. The zero-order valence-electron chi connectivity index (χ0n) is 14.4. The first-order chi connectivity index (χ1) is 13.4. The summed E-state index contributed by atoms with van der Waals surface area (Å²) in [5.74, 6) is -2.04. The predicted molar refractivity (Wildman–Crippen MR) is 98.6 cm³/mol. The summed E-state index contributed by atoms with van der Waals surface area (Å²) in [6.07, 6.45) is 2.62. The van der Waals surface area contributed by atoms with E-state index in [0.29, 0.717) is 10.0 Å². The summed E-state index contributed by atoms with van der Waals surface area (Å²) in [4.78, 5) is 47.1. The molecule has 0 aliphatic carbocycles. The number of carbonyl (C=O) groups is 4. The molecule has 3 rings (SSSR count). The molecule has 2 aromatic rings. The van der Waals surface area contributed by atoms with Crippen LogP contribution in [0.5, 0.6) is 11.5 Å². The number of urea groups is 1.